The van der Waals surface area contributed by atoms with Crippen LogP contribution in [0, 0.1) is 0 Å². The topological polar surface area (TPSA) is 53.9 Å². The molecule has 0 saturated carbocycles. The summed E-state index contributed by atoms with van der Waals surface area (Å²) < 4.78 is 2.15. The van der Waals surface area contributed by atoms with Crippen LogP contribution in [-0.2, 0) is 6.54 Å². The highest BCUT2D eigenvalue weighted by Crippen LogP contribution is 2.17. The molecule has 0 radical (unpaired) electrons. The zero-order valence-corrected chi connectivity index (χ0v) is 12.1. The number of fused-ring (bicyclic) bond motifs is 1. The number of nitrogens with one attached hydrogen (secondary N) is 1. The molecule has 0 bridgehead atoms. The lowest BCUT2D eigenvalue weighted by molar-refractivity contribution is 0.0794. The lowest BCUT2D eigenvalue weighted by atomic mass is 10.2. The van der Waals surface area contributed by atoms with Crippen molar-refractivity contribution in [2.45, 2.75) is 6.54 Å². The van der Waals surface area contributed by atoms with Crippen LogP contribution in [-0.4, -0.2) is 38.7 Å². The van der Waals surface area contributed by atoms with Crippen LogP contribution in [0.1, 0.15) is 16.2 Å². The Balaban J connectivity index is 1.55. The third kappa shape index (κ3) is 2.20. The van der Waals surface area contributed by atoms with Gasteiger partial charge in [-0.25, -0.2) is 0 Å². The van der Waals surface area contributed by atoms with Gasteiger partial charge in [-0.2, -0.15) is 5.10 Å². The van der Waals surface area contributed by atoms with E-state index in [9.17, 15) is 4.79 Å². The first-order chi connectivity index (χ1) is 10.8. The van der Waals surface area contributed by atoms with Crippen molar-refractivity contribution in [1.82, 2.24) is 19.7 Å². The van der Waals surface area contributed by atoms with Gasteiger partial charge in [0.2, 0.25) is 0 Å². The van der Waals surface area contributed by atoms with Crippen LogP contribution in [0.3, 0.4) is 0 Å². The number of H-pyrrole nitrogens is 1. The molecule has 1 aliphatic rings. The average molecular weight is 292 g/mol. The second-order valence-corrected chi connectivity index (χ2v) is 5.46. The van der Waals surface area contributed by atoms with Crippen LogP contribution in [0.25, 0.3) is 10.9 Å². The summed E-state index contributed by atoms with van der Waals surface area (Å²) in [7, 11) is 0. The van der Waals surface area contributed by atoms with E-state index >= 15 is 0 Å². The Hall–Kier alpha value is -2.82. The van der Waals surface area contributed by atoms with Crippen LogP contribution in [0.2, 0.25) is 0 Å². The van der Waals surface area contributed by atoms with E-state index in [1.165, 1.54) is 10.9 Å². The van der Waals surface area contributed by atoms with Gasteiger partial charge in [0.15, 0.2) is 5.69 Å². The maximum absolute atomic E-state index is 12.3. The molecule has 2 aromatic heterocycles. The molecule has 1 N–H and O–H groups in total. The molecule has 5 heteroatoms. The second kappa shape index (κ2) is 5.18. The fourth-order valence-corrected chi connectivity index (χ4v) is 2.82. The zero-order valence-electron chi connectivity index (χ0n) is 12.1. The molecule has 4 rings (SSSR count). The molecule has 3 aromatic rings. The maximum Gasteiger partial charge on any atom is 0.274 e. The Morgan fingerprint density at radius 3 is 2.86 bits per heavy atom. The molecule has 0 spiro atoms. The highest BCUT2D eigenvalue weighted by molar-refractivity contribution is 5.92. The molecular weight excluding hydrogens is 276 g/mol. The van der Waals surface area contributed by atoms with E-state index in [-0.39, 0.29) is 5.91 Å². The number of benzene rings is 1. The number of carbonyl (C=O) groups excluding carboxylic acids is 1. The van der Waals surface area contributed by atoms with E-state index in [1.54, 1.807) is 4.90 Å². The molecule has 1 amide bonds. The molecule has 0 unspecified atom stereocenters. The summed E-state index contributed by atoms with van der Waals surface area (Å²) in [5.41, 5.74) is 2.58. The molecule has 3 heterocycles. The van der Waals surface area contributed by atoms with Gasteiger partial charge in [-0.15, -0.1) is 0 Å². The lowest BCUT2D eigenvalue weighted by Crippen LogP contribution is -2.28. The van der Waals surface area contributed by atoms with E-state index in [4.69, 9.17) is 0 Å². The first-order valence-corrected chi connectivity index (χ1v) is 7.34. The van der Waals surface area contributed by atoms with E-state index in [1.807, 2.05) is 30.4 Å². The van der Waals surface area contributed by atoms with Crippen molar-refractivity contribution in [3.8, 4) is 0 Å². The van der Waals surface area contributed by atoms with Crippen molar-refractivity contribution in [3.05, 3.63) is 66.1 Å². The zero-order chi connectivity index (χ0) is 14.9. The van der Waals surface area contributed by atoms with E-state index in [0.717, 1.165) is 5.69 Å². The first kappa shape index (κ1) is 12.9. The van der Waals surface area contributed by atoms with Gasteiger partial charge >= 0.3 is 0 Å². The summed E-state index contributed by atoms with van der Waals surface area (Å²) in [6.07, 6.45) is 6.05. The smallest absolute Gasteiger partial charge is 0.274 e. The highest BCUT2D eigenvalue weighted by Gasteiger charge is 2.19. The second-order valence-electron chi connectivity index (χ2n) is 5.46. The minimum Gasteiger partial charge on any atom is -0.341 e. The average Bonchev–Trinajstić information content (AvgIpc) is 3.28. The largest absolute Gasteiger partial charge is 0.341 e. The molecule has 0 atom stereocenters. The van der Waals surface area contributed by atoms with Gasteiger partial charge in [0, 0.05) is 24.8 Å². The summed E-state index contributed by atoms with van der Waals surface area (Å²) in [6.45, 7) is 2.01. The van der Waals surface area contributed by atoms with E-state index in [0.29, 0.717) is 25.3 Å². The Kier molecular flexibility index (Phi) is 3.04. The molecular formula is C17H16N4O. The lowest BCUT2D eigenvalue weighted by Gasteiger charge is -2.12. The number of hydrogen-bond donors (Lipinski definition) is 1. The van der Waals surface area contributed by atoms with Crippen LogP contribution in [0.4, 0.5) is 0 Å². The fraction of sp³-hybridized carbons (Fsp3) is 0.176. The van der Waals surface area contributed by atoms with Gasteiger partial charge in [0.1, 0.15) is 0 Å². The summed E-state index contributed by atoms with van der Waals surface area (Å²) >= 11 is 0. The van der Waals surface area contributed by atoms with E-state index < -0.39 is 0 Å². The van der Waals surface area contributed by atoms with Crippen LogP contribution in [0.5, 0.6) is 0 Å². The van der Waals surface area contributed by atoms with Crippen LogP contribution in [0.15, 0.2) is 54.7 Å². The number of rotatable bonds is 3. The number of amides is 1. The molecule has 110 valence electrons. The quantitative estimate of drug-likeness (QED) is 0.754. The van der Waals surface area contributed by atoms with Crippen LogP contribution < -0.4 is 0 Å². The summed E-state index contributed by atoms with van der Waals surface area (Å²) in [6, 6.07) is 12.2. The number of para-hydroxylation sites is 1. The Morgan fingerprint density at radius 2 is 2.00 bits per heavy atom. The van der Waals surface area contributed by atoms with Gasteiger partial charge in [-0.1, -0.05) is 30.4 Å². The van der Waals surface area contributed by atoms with Gasteiger partial charge in [-0.3, -0.25) is 9.89 Å². The van der Waals surface area contributed by atoms with Gasteiger partial charge < -0.3 is 9.47 Å². The molecule has 1 aromatic carbocycles. The van der Waals surface area contributed by atoms with Crippen molar-refractivity contribution < 1.29 is 4.79 Å². The Labute approximate surface area is 127 Å². The third-order valence-corrected chi connectivity index (χ3v) is 3.98. The predicted octanol–water partition coefficient (Wildman–Crippen LogP) is 2.42. The maximum atomic E-state index is 12.3. The number of carbonyl (C=O) groups is 1. The molecule has 22 heavy (non-hydrogen) atoms. The number of aromatic amines is 1. The monoisotopic (exact) mass is 292 g/mol. The van der Waals surface area contributed by atoms with Gasteiger partial charge in [0.25, 0.3) is 5.91 Å². The fourth-order valence-electron chi connectivity index (χ4n) is 2.82. The van der Waals surface area contributed by atoms with Gasteiger partial charge in [-0.05, 0) is 23.6 Å². The SMILES string of the molecule is O=C(c1cc(Cn2ccc3ccccc32)[nH]n1)N1CC=CC1. The molecule has 5 nitrogen and oxygen atoms in total. The Bertz CT molecular complexity index is 850. The van der Waals surface area contributed by atoms with Crippen molar-refractivity contribution >= 4 is 16.8 Å². The number of hydrogen-bond acceptors (Lipinski definition) is 2. The predicted molar refractivity (Wildman–Crippen MR) is 84.7 cm³/mol. The molecule has 0 aliphatic carbocycles. The van der Waals surface area contributed by atoms with Crippen molar-refractivity contribution in [1.29, 1.82) is 0 Å². The van der Waals surface area contributed by atoms with Crippen molar-refractivity contribution in [3.63, 3.8) is 0 Å². The van der Waals surface area contributed by atoms with Crippen molar-refractivity contribution in [2.75, 3.05) is 13.1 Å². The minimum atomic E-state index is -0.0233. The summed E-state index contributed by atoms with van der Waals surface area (Å²) in [5.74, 6) is -0.0233. The minimum absolute atomic E-state index is 0.0233. The molecule has 0 fully saturated rings. The van der Waals surface area contributed by atoms with Gasteiger partial charge in [0.05, 0.1) is 12.2 Å². The first-order valence-electron chi connectivity index (χ1n) is 7.34. The van der Waals surface area contributed by atoms with E-state index in [2.05, 4.69) is 39.2 Å². The van der Waals surface area contributed by atoms with Crippen LogP contribution >= 0.6 is 0 Å². The Morgan fingerprint density at radius 1 is 1.18 bits per heavy atom. The summed E-state index contributed by atoms with van der Waals surface area (Å²) in [5, 5.41) is 8.35. The standard InChI is InChI=1S/C17H16N4O/c22-17(20-8-3-4-9-20)15-11-14(18-19-15)12-21-10-7-13-5-1-2-6-16(13)21/h1-7,10-11H,8-9,12H2,(H,18,19). The third-order valence-electron chi connectivity index (χ3n) is 3.98. The summed E-state index contributed by atoms with van der Waals surface area (Å²) in [4.78, 5) is 14.0. The molecule has 0 saturated heterocycles. The van der Waals surface area contributed by atoms with Crippen molar-refractivity contribution in [2.24, 2.45) is 0 Å². The molecule has 1 aliphatic heterocycles. The number of aromatic nitrogens is 3. The normalized spacial score (nSPS) is 14.1. The highest BCUT2D eigenvalue weighted by atomic mass is 16.2. The number of nitrogens with zero attached hydrogens (tertiary/aromatic N) is 3.